The topological polar surface area (TPSA) is 72.1 Å². The molecule has 3 aromatic rings. The number of aromatic nitrogens is 4. The van der Waals surface area contributed by atoms with Gasteiger partial charge in [0.1, 0.15) is 0 Å². The van der Waals surface area contributed by atoms with Crippen molar-refractivity contribution in [2.24, 2.45) is 12.0 Å². The Kier molecular flexibility index (Phi) is 6.99. The zero-order valence-electron chi connectivity index (χ0n) is 14.3. The van der Waals surface area contributed by atoms with Gasteiger partial charge in [-0.25, -0.2) is 4.68 Å². The second kappa shape index (κ2) is 9.21. The van der Waals surface area contributed by atoms with E-state index in [-0.39, 0.29) is 24.0 Å². The standard InChI is InChI=1S/C17H21N7.HI/c1-18-17(20-13-16-8-10-21-23(16)2)19-12-14-4-6-15(7-5-14)24-11-3-9-22-24;/h3-11H,12-13H2,1-2H3,(H2,18,19,20);1H. The van der Waals surface area contributed by atoms with Gasteiger partial charge in [0.25, 0.3) is 0 Å². The molecule has 7 nitrogen and oxygen atoms in total. The first-order chi connectivity index (χ1) is 11.8. The molecule has 3 rings (SSSR count). The number of nitrogens with zero attached hydrogens (tertiary/aromatic N) is 5. The molecule has 0 bridgehead atoms. The third-order valence-electron chi connectivity index (χ3n) is 3.75. The molecular formula is C17H22IN7. The molecule has 0 aliphatic heterocycles. The Labute approximate surface area is 164 Å². The van der Waals surface area contributed by atoms with Crippen LogP contribution in [0.2, 0.25) is 0 Å². The van der Waals surface area contributed by atoms with Crippen LogP contribution in [0.1, 0.15) is 11.3 Å². The van der Waals surface area contributed by atoms with Gasteiger partial charge in [0.15, 0.2) is 5.96 Å². The van der Waals surface area contributed by atoms with Crippen molar-refractivity contribution < 1.29 is 0 Å². The minimum atomic E-state index is 0. The van der Waals surface area contributed by atoms with Crippen LogP contribution in [0.25, 0.3) is 5.69 Å². The van der Waals surface area contributed by atoms with E-state index in [0.717, 1.165) is 17.3 Å². The Hall–Kier alpha value is -2.36. The smallest absolute Gasteiger partial charge is 0.191 e. The molecule has 0 saturated heterocycles. The highest BCUT2D eigenvalue weighted by atomic mass is 127. The lowest BCUT2D eigenvalue weighted by Gasteiger charge is -2.12. The number of nitrogens with one attached hydrogen (secondary N) is 2. The van der Waals surface area contributed by atoms with Crippen LogP contribution in [0, 0.1) is 0 Å². The van der Waals surface area contributed by atoms with Crippen molar-refractivity contribution >= 4 is 29.9 Å². The van der Waals surface area contributed by atoms with Gasteiger partial charge in [0.05, 0.1) is 17.9 Å². The van der Waals surface area contributed by atoms with E-state index in [9.17, 15) is 0 Å². The summed E-state index contributed by atoms with van der Waals surface area (Å²) in [6.07, 6.45) is 5.49. The van der Waals surface area contributed by atoms with Gasteiger partial charge >= 0.3 is 0 Å². The molecule has 0 aliphatic carbocycles. The maximum Gasteiger partial charge on any atom is 0.191 e. The Morgan fingerprint density at radius 1 is 1.04 bits per heavy atom. The van der Waals surface area contributed by atoms with E-state index >= 15 is 0 Å². The number of halogens is 1. The van der Waals surface area contributed by atoms with Crippen LogP contribution in [0.4, 0.5) is 0 Å². The van der Waals surface area contributed by atoms with Crippen LogP contribution in [0.5, 0.6) is 0 Å². The molecular weight excluding hydrogens is 429 g/mol. The van der Waals surface area contributed by atoms with Gasteiger partial charge in [0.2, 0.25) is 0 Å². The Balaban J connectivity index is 0.00000225. The number of aryl methyl sites for hydroxylation is 1. The van der Waals surface area contributed by atoms with Crippen LogP contribution >= 0.6 is 24.0 Å². The number of guanidine groups is 1. The van der Waals surface area contributed by atoms with Gasteiger partial charge in [0, 0.05) is 39.2 Å². The zero-order chi connectivity index (χ0) is 16.8. The lowest BCUT2D eigenvalue weighted by Crippen LogP contribution is -2.36. The summed E-state index contributed by atoms with van der Waals surface area (Å²) >= 11 is 0. The Bertz CT molecular complexity index is 791. The largest absolute Gasteiger partial charge is 0.352 e. The van der Waals surface area contributed by atoms with E-state index in [4.69, 9.17) is 0 Å². The van der Waals surface area contributed by atoms with E-state index in [1.807, 2.05) is 34.7 Å². The summed E-state index contributed by atoms with van der Waals surface area (Å²) in [5, 5.41) is 15.0. The predicted octanol–water partition coefficient (Wildman–Crippen LogP) is 2.09. The van der Waals surface area contributed by atoms with E-state index in [1.165, 1.54) is 5.56 Å². The molecule has 8 heteroatoms. The summed E-state index contributed by atoms with van der Waals surface area (Å²) < 4.78 is 3.68. The second-order valence-electron chi connectivity index (χ2n) is 5.34. The van der Waals surface area contributed by atoms with Crippen LogP contribution in [-0.4, -0.2) is 32.6 Å². The molecule has 1 aromatic carbocycles. The molecule has 2 heterocycles. The minimum absolute atomic E-state index is 0. The molecule has 2 aromatic heterocycles. The summed E-state index contributed by atoms with van der Waals surface area (Å²) in [6, 6.07) is 12.2. The summed E-state index contributed by atoms with van der Waals surface area (Å²) in [6.45, 7) is 1.37. The highest BCUT2D eigenvalue weighted by Crippen LogP contribution is 2.08. The number of rotatable bonds is 5. The lowest BCUT2D eigenvalue weighted by atomic mass is 10.2. The fraction of sp³-hybridized carbons (Fsp3) is 0.235. The fourth-order valence-electron chi connectivity index (χ4n) is 2.34. The maximum absolute atomic E-state index is 4.24. The molecule has 0 spiro atoms. The molecule has 0 radical (unpaired) electrons. The molecule has 0 fully saturated rings. The van der Waals surface area contributed by atoms with E-state index < -0.39 is 0 Å². The van der Waals surface area contributed by atoms with Crippen molar-refractivity contribution in [2.75, 3.05) is 7.05 Å². The number of hydrogen-bond acceptors (Lipinski definition) is 3. The highest BCUT2D eigenvalue weighted by Gasteiger charge is 2.02. The molecule has 0 atom stereocenters. The van der Waals surface area contributed by atoms with Crippen molar-refractivity contribution in [3.05, 3.63) is 66.2 Å². The van der Waals surface area contributed by atoms with Crippen molar-refractivity contribution in [3.63, 3.8) is 0 Å². The Morgan fingerprint density at radius 3 is 2.40 bits per heavy atom. The number of aliphatic imine (C=N–C) groups is 1. The first kappa shape index (κ1) is 19.0. The van der Waals surface area contributed by atoms with Crippen LogP contribution < -0.4 is 10.6 Å². The van der Waals surface area contributed by atoms with Crippen LogP contribution in [-0.2, 0) is 20.1 Å². The van der Waals surface area contributed by atoms with Crippen molar-refractivity contribution in [2.45, 2.75) is 13.1 Å². The molecule has 0 saturated carbocycles. The Morgan fingerprint density at radius 2 is 1.80 bits per heavy atom. The lowest BCUT2D eigenvalue weighted by molar-refractivity contribution is 0.684. The van der Waals surface area contributed by atoms with E-state index in [0.29, 0.717) is 13.1 Å². The average Bonchev–Trinajstić information content (AvgIpc) is 3.28. The summed E-state index contributed by atoms with van der Waals surface area (Å²) in [7, 11) is 3.69. The second-order valence-corrected chi connectivity index (χ2v) is 5.34. The van der Waals surface area contributed by atoms with E-state index in [2.05, 4.69) is 50.1 Å². The fourth-order valence-corrected chi connectivity index (χ4v) is 2.34. The third-order valence-corrected chi connectivity index (χ3v) is 3.75. The summed E-state index contributed by atoms with van der Waals surface area (Å²) in [5.74, 6) is 0.757. The van der Waals surface area contributed by atoms with Crippen molar-refractivity contribution in [1.29, 1.82) is 0 Å². The highest BCUT2D eigenvalue weighted by molar-refractivity contribution is 14.0. The first-order valence-electron chi connectivity index (χ1n) is 7.76. The van der Waals surface area contributed by atoms with Gasteiger partial charge in [-0.05, 0) is 29.8 Å². The van der Waals surface area contributed by atoms with Crippen molar-refractivity contribution in [1.82, 2.24) is 30.2 Å². The quantitative estimate of drug-likeness (QED) is 0.354. The minimum Gasteiger partial charge on any atom is -0.352 e. The molecule has 132 valence electrons. The van der Waals surface area contributed by atoms with Gasteiger partial charge < -0.3 is 10.6 Å². The SMILES string of the molecule is CN=C(NCc1ccc(-n2cccn2)cc1)NCc1ccnn1C.I. The summed E-state index contributed by atoms with van der Waals surface area (Å²) in [4.78, 5) is 4.24. The molecule has 0 amide bonds. The molecule has 2 N–H and O–H groups in total. The monoisotopic (exact) mass is 451 g/mol. The molecule has 25 heavy (non-hydrogen) atoms. The third kappa shape index (κ3) is 5.05. The molecule has 0 aliphatic rings. The normalized spacial score (nSPS) is 11.0. The van der Waals surface area contributed by atoms with Crippen molar-refractivity contribution in [3.8, 4) is 5.69 Å². The zero-order valence-corrected chi connectivity index (χ0v) is 16.6. The maximum atomic E-state index is 4.24. The number of benzene rings is 1. The average molecular weight is 451 g/mol. The van der Waals surface area contributed by atoms with Crippen LogP contribution in [0.3, 0.4) is 0 Å². The first-order valence-corrected chi connectivity index (χ1v) is 7.76. The molecule has 0 unspecified atom stereocenters. The van der Waals surface area contributed by atoms with Gasteiger partial charge in [-0.15, -0.1) is 24.0 Å². The van der Waals surface area contributed by atoms with Gasteiger partial charge in [-0.1, -0.05) is 12.1 Å². The van der Waals surface area contributed by atoms with Gasteiger partial charge in [-0.2, -0.15) is 10.2 Å². The summed E-state index contributed by atoms with van der Waals surface area (Å²) in [5.41, 5.74) is 3.32. The van der Waals surface area contributed by atoms with Crippen LogP contribution in [0.15, 0.2) is 60.0 Å². The predicted molar refractivity (Wildman–Crippen MR) is 109 cm³/mol. The van der Waals surface area contributed by atoms with Gasteiger partial charge in [-0.3, -0.25) is 9.67 Å². The van der Waals surface area contributed by atoms with E-state index in [1.54, 1.807) is 19.4 Å². The number of hydrogen-bond donors (Lipinski definition) is 2.